The lowest BCUT2D eigenvalue weighted by Gasteiger charge is -2.24. The van der Waals surface area contributed by atoms with Crippen molar-refractivity contribution in [1.29, 1.82) is 0 Å². The van der Waals surface area contributed by atoms with Crippen LogP contribution in [0.5, 0.6) is 0 Å². The molecule has 0 saturated carbocycles. The first kappa shape index (κ1) is 23.8. The summed E-state index contributed by atoms with van der Waals surface area (Å²) in [6.07, 6.45) is 1.77. The number of amides is 1. The molecule has 2 heterocycles. The molecule has 0 aliphatic heterocycles. The molecule has 3 rings (SSSR count). The molecular weight excluding hydrogens is 426 g/mol. The molecule has 0 fully saturated rings. The zero-order chi connectivity index (χ0) is 24.0. The first-order valence-electron chi connectivity index (χ1n) is 10.6. The van der Waals surface area contributed by atoms with E-state index in [1.165, 1.54) is 16.6 Å². The largest absolute Gasteiger partial charge is 0.383 e. The Morgan fingerprint density at radius 3 is 2.64 bits per heavy atom. The van der Waals surface area contributed by atoms with Crippen molar-refractivity contribution in [2.45, 2.75) is 20.4 Å². The third-order valence-corrected chi connectivity index (χ3v) is 4.88. The van der Waals surface area contributed by atoms with Gasteiger partial charge < -0.3 is 20.7 Å². The Kier molecular flexibility index (Phi) is 7.67. The Bertz CT molecular complexity index is 1200. The number of carbonyl (C=O) groups excluding carboxylic acids is 1. The highest BCUT2D eigenvalue weighted by molar-refractivity contribution is 5.98. The van der Waals surface area contributed by atoms with E-state index in [4.69, 9.17) is 10.5 Å². The van der Waals surface area contributed by atoms with Crippen molar-refractivity contribution in [2.75, 3.05) is 42.8 Å². The highest BCUT2D eigenvalue weighted by atomic mass is 16.5. The molecule has 1 aromatic carbocycles. The molecule has 0 aliphatic carbocycles. The van der Waals surface area contributed by atoms with Gasteiger partial charge in [-0.15, -0.1) is 0 Å². The summed E-state index contributed by atoms with van der Waals surface area (Å²) in [6, 6.07) is 11.3. The number of nitrogen functional groups attached to an aromatic ring is 1. The molecule has 1 amide bonds. The Balaban J connectivity index is 1.83. The van der Waals surface area contributed by atoms with E-state index in [1.54, 1.807) is 16.9 Å². The smallest absolute Gasteiger partial charge is 0.330 e. The third kappa shape index (κ3) is 5.69. The summed E-state index contributed by atoms with van der Waals surface area (Å²) in [5.41, 5.74) is 5.66. The first-order chi connectivity index (χ1) is 15.8. The summed E-state index contributed by atoms with van der Waals surface area (Å²) in [5, 5.41) is 7.39. The molecular formula is C22H29N7O4. The summed E-state index contributed by atoms with van der Waals surface area (Å²) in [7, 11) is 1.49. The minimum atomic E-state index is -0.727. The number of anilines is 3. The lowest BCUT2D eigenvalue weighted by molar-refractivity contribution is -0.117. The molecule has 3 aromatic rings. The zero-order valence-corrected chi connectivity index (χ0v) is 18.9. The summed E-state index contributed by atoms with van der Waals surface area (Å²) in [4.78, 5) is 41.5. The number of aromatic nitrogens is 4. The number of benzene rings is 1. The second-order valence-corrected chi connectivity index (χ2v) is 7.87. The van der Waals surface area contributed by atoms with Gasteiger partial charge in [-0.2, -0.15) is 5.10 Å². The molecule has 0 radical (unpaired) electrons. The number of rotatable bonds is 10. The van der Waals surface area contributed by atoms with Crippen LogP contribution in [0.3, 0.4) is 0 Å². The molecule has 176 valence electrons. The minimum Gasteiger partial charge on any atom is -0.383 e. The number of hydrogen-bond acceptors (Lipinski definition) is 7. The monoisotopic (exact) mass is 455 g/mol. The number of ether oxygens (including phenoxy) is 1. The maximum atomic E-state index is 13.1. The average molecular weight is 456 g/mol. The first-order valence-corrected chi connectivity index (χ1v) is 10.6. The van der Waals surface area contributed by atoms with Crippen molar-refractivity contribution in [3.63, 3.8) is 0 Å². The van der Waals surface area contributed by atoms with Crippen molar-refractivity contribution in [3.05, 3.63) is 63.4 Å². The van der Waals surface area contributed by atoms with Crippen molar-refractivity contribution >= 4 is 23.2 Å². The molecule has 2 aromatic heterocycles. The van der Waals surface area contributed by atoms with Crippen LogP contribution in [0, 0.1) is 5.92 Å². The number of nitrogens with zero attached hydrogens (tertiary/aromatic N) is 4. The molecule has 0 saturated heterocycles. The van der Waals surface area contributed by atoms with Crippen LogP contribution in [0.25, 0.3) is 5.69 Å². The lowest BCUT2D eigenvalue weighted by Crippen LogP contribution is -2.44. The molecule has 0 bridgehead atoms. The van der Waals surface area contributed by atoms with Crippen LogP contribution in [0.4, 0.5) is 17.3 Å². The predicted molar refractivity (Wildman–Crippen MR) is 127 cm³/mol. The van der Waals surface area contributed by atoms with Crippen molar-refractivity contribution in [2.24, 2.45) is 5.92 Å². The van der Waals surface area contributed by atoms with Gasteiger partial charge >= 0.3 is 5.69 Å². The van der Waals surface area contributed by atoms with Gasteiger partial charge in [0.15, 0.2) is 5.69 Å². The normalized spacial score (nSPS) is 11.0. The molecule has 0 atom stereocenters. The molecule has 0 aliphatic rings. The molecule has 4 N–H and O–H groups in total. The number of aromatic amines is 1. The number of carbonyl (C=O) groups is 1. The molecule has 0 spiro atoms. The molecule has 11 heteroatoms. The Labute approximate surface area is 190 Å². The van der Waals surface area contributed by atoms with E-state index in [0.717, 1.165) is 5.69 Å². The minimum absolute atomic E-state index is 0.0599. The van der Waals surface area contributed by atoms with Gasteiger partial charge in [0, 0.05) is 32.5 Å². The summed E-state index contributed by atoms with van der Waals surface area (Å²) >= 11 is 0. The highest BCUT2D eigenvalue weighted by Crippen LogP contribution is 2.18. The van der Waals surface area contributed by atoms with Gasteiger partial charge in [-0.25, -0.2) is 9.48 Å². The van der Waals surface area contributed by atoms with Crippen molar-refractivity contribution in [3.8, 4) is 5.69 Å². The predicted octanol–water partition coefficient (Wildman–Crippen LogP) is 1.05. The molecule has 33 heavy (non-hydrogen) atoms. The quantitative estimate of drug-likeness (QED) is 0.415. The van der Waals surface area contributed by atoms with Crippen LogP contribution in [-0.4, -0.2) is 52.0 Å². The van der Waals surface area contributed by atoms with Crippen LogP contribution in [0.2, 0.25) is 0 Å². The van der Waals surface area contributed by atoms with Gasteiger partial charge in [0.2, 0.25) is 5.91 Å². The lowest BCUT2D eigenvalue weighted by atomic mass is 10.2. The number of H-pyrrole nitrogens is 1. The maximum absolute atomic E-state index is 13.1. The van der Waals surface area contributed by atoms with E-state index in [9.17, 15) is 14.4 Å². The summed E-state index contributed by atoms with van der Waals surface area (Å²) in [5.74, 6) is 0.113. The number of hydrogen-bond donors (Lipinski definition) is 3. The van der Waals surface area contributed by atoms with Gasteiger partial charge in [0.25, 0.3) is 5.56 Å². The average Bonchev–Trinajstić information content (AvgIpc) is 3.26. The van der Waals surface area contributed by atoms with E-state index in [2.05, 4.69) is 15.4 Å². The zero-order valence-electron chi connectivity index (χ0n) is 18.9. The van der Waals surface area contributed by atoms with E-state index in [1.807, 2.05) is 44.2 Å². The molecule has 0 unspecified atom stereocenters. The summed E-state index contributed by atoms with van der Waals surface area (Å²) in [6.45, 7) is 4.26. The van der Waals surface area contributed by atoms with Crippen LogP contribution < -0.4 is 27.2 Å². The van der Waals surface area contributed by atoms with Gasteiger partial charge in [-0.05, 0) is 18.1 Å². The topological polar surface area (TPSA) is 140 Å². The Morgan fingerprint density at radius 2 is 1.97 bits per heavy atom. The number of nitrogens with two attached hydrogens (primary N) is 1. The van der Waals surface area contributed by atoms with Crippen LogP contribution in [0.15, 0.2) is 52.2 Å². The second-order valence-electron chi connectivity index (χ2n) is 7.87. The van der Waals surface area contributed by atoms with Crippen molar-refractivity contribution < 1.29 is 9.53 Å². The highest BCUT2D eigenvalue weighted by Gasteiger charge is 2.24. The maximum Gasteiger partial charge on any atom is 0.330 e. The fourth-order valence-electron chi connectivity index (χ4n) is 3.33. The summed E-state index contributed by atoms with van der Waals surface area (Å²) < 4.78 is 8.05. The van der Waals surface area contributed by atoms with Gasteiger partial charge in [-0.3, -0.25) is 19.1 Å². The number of nitrogens with one attached hydrogen (secondary N) is 2. The van der Waals surface area contributed by atoms with Gasteiger partial charge in [-0.1, -0.05) is 32.0 Å². The van der Waals surface area contributed by atoms with Gasteiger partial charge in [0.05, 0.1) is 18.8 Å². The van der Waals surface area contributed by atoms with Crippen molar-refractivity contribution in [1.82, 2.24) is 19.3 Å². The molecule has 11 nitrogen and oxygen atoms in total. The number of para-hydroxylation sites is 1. The SMILES string of the molecule is COCCN(C(=O)CNc1ccn(-c2ccccc2)n1)c1c(N)n(CC(C)C)c(=O)[nH]c1=O. The van der Waals surface area contributed by atoms with E-state index >= 15 is 0 Å². The van der Waals surface area contributed by atoms with E-state index in [0.29, 0.717) is 12.4 Å². The standard InChI is InChI=1S/C22H29N7O4/c1-15(2)14-28-20(23)19(21(31)25-22(28)32)27(11-12-33-3)18(30)13-24-17-9-10-29(26-17)16-7-5-4-6-8-16/h4-10,15H,11-14,23H2,1-3H3,(H,24,26)(H,25,31,32). The number of methoxy groups -OCH3 is 1. The van der Waals surface area contributed by atoms with Gasteiger partial charge in [0.1, 0.15) is 11.6 Å². The Morgan fingerprint density at radius 1 is 1.24 bits per heavy atom. The fraction of sp³-hybridized carbons (Fsp3) is 0.364. The third-order valence-electron chi connectivity index (χ3n) is 4.88. The second kappa shape index (κ2) is 10.6. The van der Waals surface area contributed by atoms with Crippen LogP contribution in [0.1, 0.15) is 13.8 Å². The van der Waals surface area contributed by atoms with E-state index < -0.39 is 17.2 Å². The van der Waals surface area contributed by atoms with Crippen LogP contribution in [-0.2, 0) is 16.1 Å². The van der Waals surface area contributed by atoms with Crippen LogP contribution >= 0.6 is 0 Å². The fourth-order valence-corrected chi connectivity index (χ4v) is 3.33. The van der Waals surface area contributed by atoms with E-state index in [-0.39, 0.29) is 37.1 Å². The Hall–Kier alpha value is -3.86.